The summed E-state index contributed by atoms with van der Waals surface area (Å²) in [7, 11) is 0. The molecule has 6 heteroatoms. The number of rotatable bonds is 4. The topological polar surface area (TPSA) is 72.9 Å². The van der Waals surface area contributed by atoms with Gasteiger partial charge in [0, 0.05) is 38.3 Å². The van der Waals surface area contributed by atoms with Crippen LogP contribution in [0.5, 0.6) is 0 Å². The van der Waals surface area contributed by atoms with E-state index in [2.05, 4.69) is 17.1 Å². The van der Waals surface area contributed by atoms with Gasteiger partial charge in [0.05, 0.1) is 6.42 Å². The van der Waals surface area contributed by atoms with Crippen molar-refractivity contribution in [2.75, 3.05) is 32.7 Å². The van der Waals surface area contributed by atoms with E-state index in [0.29, 0.717) is 19.6 Å². The van der Waals surface area contributed by atoms with E-state index >= 15 is 0 Å². The zero-order valence-corrected chi connectivity index (χ0v) is 12.9. The summed E-state index contributed by atoms with van der Waals surface area (Å²) in [6.07, 6.45) is 5.96. The first-order chi connectivity index (χ1) is 9.98. The van der Waals surface area contributed by atoms with Crippen LogP contribution >= 0.6 is 0 Å². The Labute approximate surface area is 126 Å². The van der Waals surface area contributed by atoms with Gasteiger partial charge < -0.3 is 15.3 Å². The predicted molar refractivity (Wildman–Crippen MR) is 80.3 cm³/mol. The van der Waals surface area contributed by atoms with E-state index in [1.54, 1.807) is 0 Å². The molecule has 0 bridgehead atoms. The molecule has 1 aliphatic heterocycles. The largest absolute Gasteiger partial charge is 0.481 e. The molecule has 1 saturated heterocycles. The van der Waals surface area contributed by atoms with Gasteiger partial charge in [0.2, 0.25) is 0 Å². The third-order valence-electron chi connectivity index (χ3n) is 4.67. The number of hydrogen-bond donors (Lipinski definition) is 2. The fourth-order valence-corrected chi connectivity index (χ4v) is 3.22. The van der Waals surface area contributed by atoms with Crippen LogP contribution in [0.1, 0.15) is 45.4 Å². The van der Waals surface area contributed by atoms with Gasteiger partial charge in [0.15, 0.2) is 0 Å². The van der Waals surface area contributed by atoms with Gasteiger partial charge in [-0.25, -0.2) is 4.79 Å². The highest BCUT2D eigenvalue weighted by atomic mass is 16.4. The molecule has 0 spiro atoms. The minimum atomic E-state index is -0.764. The lowest BCUT2D eigenvalue weighted by Gasteiger charge is -2.39. The molecular formula is C15H27N3O3. The van der Waals surface area contributed by atoms with Gasteiger partial charge in [-0.15, -0.1) is 0 Å². The van der Waals surface area contributed by atoms with Crippen molar-refractivity contribution in [3.05, 3.63) is 0 Å². The van der Waals surface area contributed by atoms with Crippen molar-refractivity contribution >= 4 is 12.0 Å². The summed E-state index contributed by atoms with van der Waals surface area (Å²) >= 11 is 0. The number of carboxylic acid groups (broad SMARTS) is 1. The van der Waals surface area contributed by atoms with Crippen LogP contribution in [0.15, 0.2) is 0 Å². The normalized spacial score (nSPS) is 22.8. The number of nitrogens with one attached hydrogen (secondary N) is 1. The van der Waals surface area contributed by atoms with E-state index in [0.717, 1.165) is 25.9 Å². The van der Waals surface area contributed by atoms with E-state index in [1.165, 1.54) is 19.3 Å². The van der Waals surface area contributed by atoms with Gasteiger partial charge >= 0.3 is 12.0 Å². The Hall–Kier alpha value is -1.30. The number of nitrogens with zero attached hydrogens (tertiary/aromatic N) is 2. The van der Waals surface area contributed by atoms with Crippen molar-refractivity contribution in [1.29, 1.82) is 0 Å². The van der Waals surface area contributed by atoms with E-state index in [9.17, 15) is 9.59 Å². The van der Waals surface area contributed by atoms with Crippen LogP contribution in [0, 0.1) is 0 Å². The van der Waals surface area contributed by atoms with Gasteiger partial charge in [-0.05, 0) is 19.8 Å². The van der Waals surface area contributed by atoms with Crippen LogP contribution in [-0.4, -0.2) is 65.2 Å². The molecule has 2 aliphatic rings. The van der Waals surface area contributed by atoms with Gasteiger partial charge in [0.1, 0.15) is 0 Å². The van der Waals surface area contributed by atoms with Crippen molar-refractivity contribution in [3.8, 4) is 0 Å². The molecule has 0 atom stereocenters. The second-order valence-electron chi connectivity index (χ2n) is 6.52. The molecule has 1 aliphatic carbocycles. The third-order valence-corrected chi connectivity index (χ3v) is 4.67. The van der Waals surface area contributed by atoms with Crippen molar-refractivity contribution in [2.24, 2.45) is 0 Å². The Morgan fingerprint density at radius 2 is 1.71 bits per heavy atom. The molecule has 2 N–H and O–H groups in total. The summed E-state index contributed by atoms with van der Waals surface area (Å²) in [6.45, 7) is 5.60. The molecule has 2 rings (SSSR count). The van der Waals surface area contributed by atoms with Gasteiger partial charge in [-0.3, -0.25) is 9.69 Å². The highest BCUT2D eigenvalue weighted by molar-refractivity contribution is 5.75. The number of urea groups is 1. The third kappa shape index (κ3) is 4.88. The van der Waals surface area contributed by atoms with Gasteiger partial charge in [0.25, 0.3) is 0 Å². The molecule has 120 valence electrons. The number of carbonyl (C=O) groups excluding carboxylic acids is 1. The fourth-order valence-electron chi connectivity index (χ4n) is 3.22. The van der Waals surface area contributed by atoms with Crippen LogP contribution in [0.3, 0.4) is 0 Å². The quantitative estimate of drug-likeness (QED) is 0.825. The average molecular weight is 297 g/mol. The Morgan fingerprint density at radius 1 is 1.10 bits per heavy atom. The molecule has 1 heterocycles. The Kier molecular flexibility index (Phi) is 5.45. The zero-order chi connectivity index (χ0) is 15.3. The first-order valence-corrected chi connectivity index (χ1v) is 8.00. The number of carboxylic acids is 1. The molecule has 0 aromatic carbocycles. The number of aliphatic carboxylic acids is 1. The maximum atomic E-state index is 12.3. The number of amides is 2. The van der Waals surface area contributed by atoms with Crippen LogP contribution in [-0.2, 0) is 4.79 Å². The summed E-state index contributed by atoms with van der Waals surface area (Å²) in [5.74, 6) is -0.764. The lowest BCUT2D eigenvalue weighted by molar-refractivity contribution is -0.137. The van der Waals surface area contributed by atoms with Crippen LogP contribution in [0.25, 0.3) is 0 Å². The van der Waals surface area contributed by atoms with E-state index in [-0.39, 0.29) is 18.0 Å². The Bertz CT molecular complexity index is 372. The number of carbonyl (C=O) groups is 2. The maximum absolute atomic E-state index is 12.3. The first kappa shape index (κ1) is 16.1. The van der Waals surface area contributed by atoms with Crippen molar-refractivity contribution in [2.45, 2.75) is 51.0 Å². The Morgan fingerprint density at radius 3 is 2.29 bits per heavy atom. The fraction of sp³-hybridized carbons (Fsp3) is 0.867. The molecule has 1 saturated carbocycles. The number of hydrogen-bond acceptors (Lipinski definition) is 3. The summed E-state index contributed by atoms with van der Waals surface area (Å²) in [6, 6.07) is 0.0392. The lowest BCUT2D eigenvalue weighted by Crippen LogP contribution is -2.57. The smallest absolute Gasteiger partial charge is 0.317 e. The molecule has 0 aromatic heterocycles. The van der Waals surface area contributed by atoms with Crippen LogP contribution in [0.4, 0.5) is 4.79 Å². The predicted octanol–water partition coefficient (Wildman–Crippen LogP) is 1.51. The monoisotopic (exact) mass is 297 g/mol. The van der Waals surface area contributed by atoms with Gasteiger partial charge in [-0.1, -0.05) is 19.3 Å². The second-order valence-corrected chi connectivity index (χ2v) is 6.52. The molecule has 0 radical (unpaired) electrons. The van der Waals surface area contributed by atoms with Crippen molar-refractivity contribution < 1.29 is 14.7 Å². The summed E-state index contributed by atoms with van der Waals surface area (Å²) in [4.78, 5) is 26.9. The molecular weight excluding hydrogens is 270 g/mol. The Balaban J connectivity index is 1.73. The second kappa shape index (κ2) is 7.11. The average Bonchev–Trinajstić information content (AvgIpc) is 2.46. The minimum absolute atomic E-state index is 0.0392. The SMILES string of the molecule is CC1(NC(=O)N2CCN(CCC(=O)O)CC2)CCCCC1. The molecule has 2 amide bonds. The standard InChI is InChI=1S/C15H27N3O3/c1-15(6-3-2-4-7-15)16-14(21)18-11-9-17(10-12-18)8-5-13(19)20/h2-12H2,1H3,(H,16,21)(H,19,20). The molecule has 0 aromatic rings. The molecule has 0 unspecified atom stereocenters. The molecule has 2 fully saturated rings. The first-order valence-electron chi connectivity index (χ1n) is 8.00. The van der Waals surface area contributed by atoms with Crippen LogP contribution < -0.4 is 5.32 Å². The lowest BCUT2D eigenvalue weighted by atomic mass is 9.83. The summed E-state index contributed by atoms with van der Waals surface area (Å²) < 4.78 is 0. The van der Waals surface area contributed by atoms with E-state index in [4.69, 9.17) is 5.11 Å². The zero-order valence-electron chi connectivity index (χ0n) is 12.9. The molecule has 6 nitrogen and oxygen atoms in total. The number of piperazine rings is 1. The highest BCUT2D eigenvalue weighted by Gasteiger charge is 2.31. The highest BCUT2D eigenvalue weighted by Crippen LogP contribution is 2.27. The van der Waals surface area contributed by atoms with Gasteiger partial charge in [-0.2, -0.15) is 0 Å². The van der Waals surface area contributed by atoms with E-state index < -0.39 is 5.97 Å². The van der Waals surface area contributed by atoms with E-state index in [1.807, 2.05) is 4.90 Å². The summed E-state index contributed by atoms with van der Waals surface area (Å²) in [5.41, 5.74) is -0.0459. The van der Waals surface area contributed by atoms with Crippen LogP contribution in [0.2, 0.25) is 0 Å². The molecule has 21 heavy (non-hydrogen) atoms. The maximum Gasteiger partial charge on any atom is 0.317 e. The summed E-state index contributed by atoms with van der Waals surface area (Å²) in [5, 5.41) is 11.9. The van der Waals surface area contributed by atoms with Crippen molar-refractivity contribution in [3.63, 3.8) is 0 Å². The van der Waals surface area contributed by atoms with Crippen molar-refractivity contribution in [1.82, 2.24) is 15.1 Å². The minimum Gasteiger partial charge on any atom is -0.481 e.